The maximum atomic E-state index is 13.2. The van der Waals surface area contributed by atoms with Gasteiger partial charge in [-0.2, -0.15) is 4.72 Å². The summed E-state index contributed by atoms with van der Waals surface area (Å²) in [6, 6.07) is 8.39. The molecule has 11 nitrogen and oxygen atoms in total. The lowest BCUT2D eigenvalue weighted by molar-refractivity contribution is -0.143. The zero-order valence-electron chi connectivity index (χ0n) is 22.1. The number of rotatable bonds is 9. The highest BCUT2D eigenvalue weighted by Gasteiger charge is 2.40. The fourth-order valence-electron chi connectivity index (χ4n) is 4.72. The van der Waals surface area contributed by atoms with Crippen molar-refractivity contribution in [3.8, 4) is 0 Å². The van der Waals surface area contributed by atoms with Crippen LogP contribution in [0, 0.1) is 0 Å². The molecule has 2 heterocycles. The largest absolute Gasteiger partial charge is 0.483 e. The molecule has 2 aromatic carbocycles. The number of nitrogens with zero attached hydrogens (tertiary/aromatic N) is 3. The van der Waals surface area contributed by atoms with Crippen molar-refractivity contribution in [3.05, 3.63) is 41.4 Å². The van der Waals surface area contributed by atoms with E-state index in [1.54, 1.807) is 42.2 Å². The molecule has 13 heteroatoms. The van der Waals surface area contributed by atoms with E-state index >= 15 is 0 Å². The van der Waals surface area contributed by atoms with Crippen LogP contribution in [-0.4, -0.2) is 111 Å². The van der Waals surface area contributed by atoms with Crippen LogP contribution < -0.4 is 4.72 Å². The van der Waals surface area contributed by atoms with Crippen LogP contribution in [-0.2, 0) is 29.1 Å². The summed E-state index contributed by atoms with van der Waals surface area (Å²) in [5.74, 6) is -0.507. The molecule has 0 spiro atoms. The minimum absolute atomic E-state index is 0.0768. The molecule has 2 fully saturated rings. The molecule has 0 saturated carbocycles. The van der Waals surface area contributed by atoms with E-state index in [1.165, 1.54) is 11.0 Å². The Hall–Kier alpha value is -2.77. The molecule has 2 aliphatic heterocycles. The number of nitrogens with one attached hydrogen (secondary N) is 1. The van der Waals surface area contributed by atoms with E-state index < -0.39 is 22.1 Å². The van der Waals surface area contributed by atoms with Crippen molar-refractivity contribution in [3.63, 3.8) is 0 Å². The number of benzene rings is 2. The SMILES string of the molecule is CCN(CCN1CCOCC1)C(=O)[C@H](C)N1CC[C@H](NS(=O)(=O)c2ccc3cc(Cl)ccc3c2)C1=O.O=CO. The lowest BCUT2D eigenvalue weighted by Crippen LogP contribution is -2.51. The summed E-state index contributed by atoms with van der Waals surface area (Å²) in [4.78, 5) is 40.2. The van der Waals surface area contributed by atoms with Crippen LogP contribution in [0.3, 0.4) is 0 Å². The topological polar surface area (TPSA) is 137 Å². The predicted molar refractivity (Wildman–Crippen MR) is 147 cm³/mol. The maximum Gasteiger partial charge on any atom is 0.290 e. The maximum absolute atomic E-state index is 13.2. The number of halogens is 1. The Morgan fingerprint density at radius 3 is 2.51 bits per heavy atom. The average Bonchev–Trinajstić information content (AvgIpc) is 3.28. The molecule has 0 aliphatic carbocycles. The van der Waals surface area contributed by atoms with Crippen LogP contribution in [0.1, 0.15) is 20.3 Å². The van der Waals surface area contributed by atoms with E-state index in [2.05, 4.69) is 9.62 Å². The zero-order chi connectivity index (χ0) is 28.6. The second-order valence-electron chi connectivity index (χ2n) is 9.30. The molecule has 2 aliphatic rings. The van der Waals surface area contributed by atoms with Gasteiger partial charge in [0.25, 0.3) is 6.47 Å². The first-order valence-corrected chi connectivity index (χ1v) is 14.7. The van der Waals surface area contributed by atoms with Crippen molar-refractivity contribution >= 4 is 50.7 Å². The normalized spacial score (nSPS) is 18.9. The van der Waals surface area contributed by atoms with Gasteiger partial charge in [-0.25, -0.2) is 8.42 Å². The molecule has 2 amide bonds. The van der Waals surface area contributed by atoms with E-state index in [0.29, 0.717) is 44.3 Å². The summed E-state index contributed by atoms with van der Waals surface area (Å²) in [6.45, 7) is 8.65. The fraction of sp³-hybridized carbons (Fsp3) is 0.500. The van der Waals surface area contributed by atoms with Gasteiger partial charge in [0, 0.05) is 44.3 Å². The number of sulfonamides is 1. The molecular weight excluding hydrogens is 548 g/mol. The van der Waals surface area contributed by atoms with Gasteiger partial charge in [-0.1, -0.05) is 23.7 Å². The molecule has 2 saturated heterocycles. The van der Waals surface area contributed by atoms with Crippen LogP contribution in [0.2, 0.25) is 5.02 Å². The van der Waals surface area contributed by atoms with Crippen molar-refractivity contribution < 1.29 is 32.6 Å². The number of ether oxygens (including phenoxy) is 1. The summed E-state index contributed by atoms with van der Waals surface area (Å²) in [5, 5.41) is 9.02. The fourth-order valence-corrected chi connectivity index (χ4v) is 6.16. The zero-order valence-corrected chi connectivity index (χ0v) is 23.7. The second-order valence-corrected chi connectivity index (χ2v) is 11.5. The Labute approximate surface area is 233 Å². The molecule has 2 aromatic rings. The Morgan fingerprint density at radius 1 is 1.21 bits per heavy atom. The molecular formula is C26H35ClN4O7S. The van der Waals surface area contributed by atoms with Gasteiger partial charge in [0.1, 0.15) is 12.1 Å². The number of carbonyl (C=O) groups excluding carboxylic acids is 2. The summed E-state index contributed by atoms with van der Waals surface area (Å²) in [6.07, 6.45) is 0.304. The smallest absolute Gasteiger partial charge is 0.290 e. The molecule has 2 N–H and O–H groups in total. The van der Waals surface area contributed by atoms with Gasteiger partial charge in [-0.3, -0.25) is 19.3 Å². The highest BCUT2D eigenvalue weighted by molar-refractivity contribution is 7.89. The number of carbonyl (C=O) groups is 3. The Balaban J connectivity index is 0.00000134. The third-order valence-corrected chi connectivity index (χ3v) is 8.63. The van der Waals surface area contributed by atoms with Gasteiger partial charge < -0.3 is 19.6 Å². The standard InChI is InChI=1S/C25H33ClN4O5S.CH2O2/c1-3-29(11-10-28-12-14-35-15-13-28)24(31)18(2)30-9-8-23(25(30)32)27-36(33,34)22-7-5-19-16-21(26)6-4-20(19)17-22;2-1-3/h4-7,16-18,23,27H,3,8-15H2,1-2H3;1H,(H,2,3)/t18-,23-;/m0./s1. The first-order chi connectivity index (χ1) is 18.6. The number of hydrogen-bond acceptors (Lipinski definition) is 7. The minimum Gasteiger partial charge on any atom is -0.483 e. The van der Waals surface area contributed by atoms with E-state index in [4.69, 9.17) is 26.2 Å². The van der Waals surface area contributed by atoms with Gasteiger partial charge in [-0.05, 0) is 55.3 Å². The van der Waals surface area contributed by atoms with Crippen molar-refractivity contribution in [2.24, 2.45) is 0 Å². The van der Waals surface area contributed by atoms with Gasteiger partial charge in [0.15, 0.2) is 0 Å². The summed E-state index contributed by atoms with van der Waals surface area (Å²) in [5.41, 5.74) is 0. The van der Waals surface area contributed by atoms with Crippen LogP contribution >= 0.6 is 11.6 Å². The molecule has 0 aromatic heterocycles. The van der Waals surface area contributed by atoms with Gasteiger partial charge in [0.2, 0.25) is 21.8 Å². The van der Waals surface area contributed by atoms with Crippen molar-refractivity contribution in [1.29, 1.82) is 0 Å². The van der Waals surface area contributed by atoms with E-state index in [1.807, 2.05) is 6.92 Å². The van der Waals surface area contributed by atoms with E-state index in [9.17, 15) is 18.0 Å². The first kappa shape index (κ1) is 30.8. The summed E-state index contributed by atoms with van der Waals surface area (Å²) >= 11 is 6.01. The lowest BCUT2D eigenvalue weighted by atomic mass is 10.1. The number of morpholine rings is 1. The molecule has 0 unspecified atom stereocenters. The second kappa shape index (κ2) is 14.0. The highest BCUT2D eigenvalue weighted by Crippen LogP contribution is 2.24. The van der Waals surface area contributed by atoms with E-state index in [0.717, 1.165) is 30.4 Å². The van der Waals surface area contributed by atoms with Crippen molar-refractivity contribution in [1.82, 2.24) is 19.4 Å². The van der Waals surface area contributed by atoms with Crippen LogP contribution in [0.5, 0.6) is 0 Å². The number of carboxylic acid groups (broad SMARTS) is 1. The third-order valence-electron chi connectivity index (χ3n) is 6.93. The van der Waals surface area contributed by atoms with Gasteiger partial charge in [-0.15, -0.1) is 0 Å². The van der Waals surface area contributed by atoms with Crippen LogP contribution in [0.15, 0.2) is 41.3 Å². The quantitative estimate of drug-likeness (QED) is 0.426. The Morgan fingerprint density at radius 2 is 1.85 bits per heavy atom. The van der Waals surface area contributed by atoms with E-state index in [-0.39, 0.29) is 23.2 Å². The van der Waals surface area contributed by atoms with Crippen LogP contribution in [0.4, 0.5) is 0 Å². The molecule has 39 heavy (non-hydrogen) atoms. The first-order valence-electron chi connectivity index (χ1n) is 12.8. The number of hydrogen-bond donors (Lipinski definition) is 2. The lowest BCUT2D eigenvalue weighted by Gasteiger charge is -2.32. The average molecular weight is 583 g/mol. The predicted octanol–water partition coefficient (Wildman–Crippen LogP) is 1.64. The monoisotopic (exact) mass is 582 g/mol. The summed E-state index contributed by atoms with van der Waals surface area (Å²) in [7, 11) is -3.93. The number of fused-ring (bicyclic) bond motifs is 1. The third kappa shape index (κ3) is 7.89. The van der Waals surface area contributed by atoms with Gasteiger partial charge in [0.05, 0.1) is 18.1 Å². The summed E-state index contributed by atoms with van der Waals surface area (Å²) < 4.78 is 34.0. The Kier molecular flexibility index (Phi) is 11.1. The number of amides is 2. The minimum atomic E-state index is -3.93. The number of likely N-dealkylation sites (tertiary alicyclic amines) is 1. The number of likely N-dealkylation sites (N-methyl/N-ethyl adjacent to an activating group) is 1. The molecule has 2 atom stereocenters. The molecule has 4 rings (SSSR count). The van der Waals surface area contributed by atoms with Gasteiger partial charge >= 0.3 is 0 Å². The van der Waals surface area contributed by atoms with Crippen molar-refractivity contribution in [2.75, 3.05) is 52.5 Å². The Bertz CT molecular complexity index is 1270. The highest BCUT2D eigenvalue weighted by atomic mass is 35.5. The van der Waals surface area contributed by atoms with Crippen LogP contribution in [0.25, 0.3) is 10.8 Å². The van der Waals surface area contributed by atoms with Crippen molar-refractivity contribution in [2.45, 2.75) is 37.2 Å². The molecule has 214 valence electrons. The molecule has 0 radical (unpaired) electrons. The molecule has 0 bridgehead atoms.